The van der Waals surface area contributed by atoms with Gasteiger partial charge < -0.3 is 10.2 Å². The Morgan fingerprint density at radius 1 is 1.33 bits per heavy atom. The van der Waals surface area contributed by atoms with Crippen LogP contribution in [0.2, 0.25) is 0 Å². The molecule has 2 N–H and O–H groups in total. The zero-order valence-electron chi connectivity index (χ0n) is 14.2. The van der Waals surface area contributed by atoms with Crippen molar-refractivity contribution in [3.8, 4) is 0 Å². The lowest BCUT2D eigenvalue weighted by Crippen LogP contribution is -2.62. The topological polar surface area (TPSA) is 81.3 Å². The van der Waals surface area contributed by atoms with Crippen molar-refractivity contribution in [1.82, 2.24) is 25.3 Å². The van der Waals surface area contributed by atoms with Crippen LogP contribution in [0.3, 0.4) is 0 Å². The number of nitrogens with zero attached hydrogens (tertiary/aromatic N) is 3. The molecule has 7 nitrogen and oxygen atoms in total. The molecule has 2 amide bonds. The van der Waals surface area contributed by atoms with Gasteiger partial charge in [0.15, 0.2) is 0 Å². The van der Waals surface area contributed by atoms with Gasteiger partial charge in [0.05, 0.1) is 0 Å². The van der Waals surface area contributed by atoms with Crippen molar-refractivity contribution >= 4 is 11.8 Å². The van der Waals surface area contributed by atoms with Gasteiger partial charge in [-0.25, -0.2) is 0 Å². The Morgan fingerprint density at radius 3 is 2.96 bits per heavy atom. The van der Waals surface area contributed by atoms with Gasteiger partial charge in [-0.1, -0.05) is 0 Å². The third kappa shape index (κ3) is 2.81. The van der Waals surface area contributed by atoms with Gasteiger partial charge in [0.2, 0.25) is 5.91 Å². The number of hydrogen-bond acceptors (Lipinski definition) is 4. The van der Waals surface area contributed by atoms with E-state index in [1.54, 1.807) is 0 Å². The first kappa shape index (κ1) is 15.6. The van der Waals surface area contributed by atoms with E-state index in [-0.39, 0.29) is 17.4 Å². The number of amides is 2. The first-order valence-corrected chi connectivity index (χ1v) is 8.90. The molecule has 0 bridgehead atoms. The summed E-state index contributed by atoms with van der Waals surface area (Å²) < 4.78 is 0. The van der Waals surface area contributed by atoms with Gasteiger partial charge in [0, 0.05) is 49.8 Å². The third-order valence-electron chi connectivity index (χ3n) is 5.85. The van der Waals surface area contributed by atoms with E-state index in [0.29, 0.717) is 37.7 Å². The van der Waals surface area contributed by atoms with Gasteiger partial charge in [-0.15, -0.1) is 0 Å². The molecule has 0 unspecified atom stereocenters. The minimum absolute atomic E-state index is 0.00848. The summed E-state index contributed by atoms with van der Waals surface area (Å²) in [5, 5.41) is 10.2. The Labute approximate surface area is 141 Å². The quantitative estimate of drug-likeness (QED) is 0.836. The molecule has 1 aromatic rings. The van der Waals surface area contributed by atoms with E-state index in [1.807, 2.05) is 11.0 Å². The molecule has 0 radical (unpaired) electrons. The molecule has 2 aliphatic heterocycles. The van der Waals surface area contributed by atoms with Crippen LogP contribution in [0.5, 0.6) is 0 Å². The molecular weight excluding hydrogens is 306 g/mol. The number of nitrogens with one attached hydrogen (secondary N) is 2. The average Bonchev–Trinajstić information content (AvgIpc) is 3.34. The van der Waals surface area contributed by atoms with Crippen molar-refractivity contribution in [1.29, 1.82) is 0 Å². The van der Waals surface area contributed by atoms with Crippen molar-refractivity contribution in [3.63, 3.8) is 0 Å². The van der Waals surface area contributed by atoms with E-state index < -0.39 is 0 Å². The summed E-state index contributed by atoms with van der Waals surface area (Å²) in [6.07, 6.45) is 4.59. The standard InChI is InChI=1S/C17H25N5O2/c1-21-8-9-22(11-17(21)5-4-15(23)18-7-6-17)16(24)14-10-13(19-20-14)12-2-3-12/h10,12H,2-9,11H2,1H3,(H,18,23)(H,19,20)/t17-/m0/s1. The number of hydrogen-bond donors (Lipinski definition) is 2. The summed E-state index contributed by atoms with van der Waals surface area (Å²) in [5.74, 6) is 0.691. The van der Waals surface area contributed by atoms with Crippen LogP contribution in [-0.2, 0) is 4.79 Å². The Hall–Kier alpha value is -1.89. The number of H-pyrrole nitrogens is 1. The van der Waals surface area contributed by atoms with E-state index in [0.717, 1.165) is 25.1 Å². The molecule has 1 spiro atoms. The molecule has 3 heterocycles. The molecule has 7 heteroatoms. The highest BCUT2D eigenvalue weighted by atomic mass is 16.2. The summed E-state index contributed by atoms with van der Waals surface area (Å²) >= 11 is 0. The minimum atomic E-state index is -0.108. The number of rotatable bonds is 2. The molecule has 2 saturated heterocycles. The fourth-order valence-electron chi connectivity index (χ4n) is 3.98. The molecule has 0 aromatic carbocycles. The smallest absolute Gasteiger partial charge is 0.274 e. The number of aromatic nitrogens is 2. The Morgan fingerprint density at radius 2 is 2.17 bits per heavy atom. The van der Waals surface area contributed by atoms with Crippen molar-refractivity contribution in [2.75, 3.05) is 33.2 Å². The predicted octanol–water partition coefficient (Wildman–Crippen LogP) is 0.714. The van der Waals surface area contributed by atoms with E-state index in [9.17, 15) is 9.59 Å². The summed E-state index contributed by atoms with van der Waals surface area (Å²) in [5.41, 5.74) is 1.51. The highest BCUT2D eigenvalue weighted by Crippen LogP contribution is 2.39. The van der Waals surface area contributed by atoms with Crippen molar-refractivity contribution in [2.45, 2.75) is 43.6 Å². The van der Waals surface area contributed by atoms with Crippen LogP contribution < -0.4 is 5.32 Å². The number of carbonyl (C=O) groups excluding carboxylic acids is 2. The highest BCUT2D eigenvalue weighted by molar-refractivity contribution is 5.92. The monoisotopic (exact) mass is 331 g/mol. The number of carbonyl (C=O) groups is 2. The van der Waals surface area contributed by atoms with Crippen LogP contribution >= 0.6 is 0 Å². The van der Waals surface area contributed by atoms with Crippen molar-refractivity contribution < 1.29 is 9.59 Å². The SMILES string of the molecule is CN1CCN(C(=O)c2cc(C3CC3)[nH]n2)C[C@]12CCNC(=O)CC2. The fraction of sp³-hybridized carbons (Fsp3) is 0.706. The van der Waals surface area contributed by atoms with Crippen LogP contribution in [0.4, 0.5) is 0 Å². The van der Waals surface area contributed by atoms with Gasteiger partial charge in [0.1, 0.15) is 5.69 Å². The summed E-state index contributed by atoms with van der Waals surface area (Å²) in [6, 6.07) is 1.92. The highest BCUT2D eigenvalue weighted by Gasteiger charge is 2.42. The first-order valence-electron chi connectivity index (χ1n) is 8.90. The first-order chi connectivity index (χ1) is 11.6. The predicted molar refractivity (Wildman–Crippen MR) is 88.7 cm³/mol. The number of aromatic amines is 1. The summed E-state index contributed by atoms with van der Waals surface area (Å²) in [6.45, 7) is 2.90. The Kier molecular flexibility index (Phi) is 3.83. The van der Waals surface area contributed by atoms with Crippen LogP contribution in [0.25, 0.3) is 0 Å². The number of piperazine rings is 1. The zero-order chi connectivity index (χ0) is 16.7. The molecule has 1 aliphatic carbocycles. The van der Waals surface area contributed by atoms with Gasteiger partial charge in [-0.2, -0.15) is 5.10 Å². The van der Waals surface area contributed by atoms with Crippen LogP contribution in [0.15, 0.2) is 6.07 Å². The molecule has 3 aliphatic rings. The largest absolute Gasteiger partial charge is 0.356 e. The lowest BCUT2D eigenvalue weighted by molar-refractivity contribution is -0.121. The molecule has 3 fully saturated rings. The van der Waals surface area contributed by atoms with Crippen molar-refractivity contribution in [3.05, 3.63) is 17.5 Å². The maximum Gasteiger partial charge on any atom is 0.274 e. The molecule has 130 valence electrons. The van der Waals surface area contributed by atoms with E-state index in [1.165, 1.54) is 12.8 Å². The Bertz CT molecular complexity index is 653. The third-order valence-corrected chi connectivity index (χ3v) is 5.85. The van der Waals surface area contributed by atoms with E-state index >= 15 is 0 Å². The van der Waals surface area contributed by atoms with Crippen LogP contribution in [-0.4, -0.2) is 70.6 Å². The fourth-order valence-corrected chi connectivity index (χ4v) is 3.98. The van der Waals surface area contributed by atoms with E-state index in [2.05, 4.69) is 27.5 Å². The molecular formula is C17H25N5O2. The Balaban J connectivity index is 1.50. The molecule has 1 aromatic heterocycles. The van der Waals surface area contributed by atoms with Gasteiger partial charge in [-0.05, 0) is 38.8 Å². The van der Waals surface area contributed by atoms with Crippen LogP contribution in [0.1, 0.15) is 54.2 Å². The van der Waals surface area contributed by atoms with Gasteiger partial charge in [-0.3, -0.25) is 19.6 Å². The molecule has 1 atom stereocenters. The second kappa shape index (κ2) is 5.88. The molecule has 24 heavy (non-hydrogen) atoms. The second-order valence-corrected chi connectivity index (χ2v) is 7.46. The summed E-state index contributed by atoms with van der Waals surface area (Å²) in [4.78, 5) is 28.8. The summed E-state index contributed by atoms with van der Waals surface area (Å²) in [7, 11) is 2.11. The maximum atomic E-state index is 12.9. The second-order valence-electron chi connectivity index (χ2n) is 7.46. The normalized spacial score (nSPS) is 28.7. The van der Waals surface area contributed by atoms with E-state index in [4.69, 9.17) is 0 Å². The molecule has 1 saturated carbocycles. The molecule has 4 rings (SSSR count). The number of likely N-dealkylation sites (N-methyl/N-ethyl adjacent to an activating group) is 1. The minimum Gasteiger partial charge on any atom is -0.356 e. The zero-order valence-corrected chi connectivity index (χ0v) is 14.2. The maximum absolute atomic E-state index is 12.9. The van der Waals surface area contributed by atoms with Gasteiger partial charge >= 0.3 is 0 Å². The van der Waals surface area contributed by atoms with Gasteiger partial charge in [0.25, 0.3) is 5.91 Å². The lowest BCUT2D eigenvalue weighted by Gasteiger charge is -2.49. The van der Waals surface area contributed by atoms with Crippen LogP contribution in [0, 0.1) is 0 Å². The average molecular weight is 331 g/mol. The van der Waals surface area contributed by atoms with Crippen molar-refractivity contribution in [2.24, 2.45) is 0 Å². The lowest BCUT2D eigenvalue weighted by atomic mass is 9.86.